The quantitative estimate of drug-likeness (QED) is 0.154. The number of aromatic nitrogens is 4. The van der Waals surface area contributed by atoms with Gasteiger partial charge in [0.05, 0.1) is 11.0 Å². The van der Waals surface area contributed by atoms with Crippen LogP contribution in [-0.2, 0) is 0 Å². The maximum atomic E-state index is 5.36. The van der Waals surface area contributed by atoms with Crippen LogP contribution in [0.3, 0.4) is 0 Å². The Morgan fingerprint density at radius 1 is 0.262 bits per heavy atom. The molecular formula is C57H38N4. The van der Waals surface area contributed by atoms with Crippen LogP contribution >= 0.6 is 0 Å². The zero-order valence-corrected chi connectivity index (χ0v) is 33.2. The molecule has 0 aliphatic rings. The number of hydrogen-bond acceptors (Lipinski definition) is 3. The van der Waals surface area contributed by atoms with Crippen LogP contribution in [0.5, 0.6) is 0 Å². The second kappa shape index (κ2) is 15.5. The fourth-order valence-corrected chi connectivity index (χ4v) is 8.54. The first kappa shape index (κ1) is 35.9. The first-order valence-corrected chi connectivity index (χ1v) is 20.6. The van der Waals surface area contributed by atoms with Crippen LogP contribution in [0, 0.1) is 0 Å². The molecule has 9 aromatic carbocycles. The van der Waals surface area contributed by atoms with Crippen molar-refractivity contribution in [2.75, 3.05) is 0 Å². The topological polar surface area (TPSA) is 43.6 Å². The van der Waals surface area contributed by atoms with Gasteiger partial charge in [0.1, 0.15) is 0 Å². The summed E-state index contributed by atoms with van der Waals surface area (Å²) in [5, 5.41) is 2.40. The van der Waals surface area contributed by atoms with Crippen molar-refractivity contribution in [2.45, 2.75) is 0 Å². The molecule has 0 bridgehead atoms. The molecule has 4 heteroatoms. The van der Waals surface area contributed by atoms with Gasteiger partial charge >= 0.3 is 0 Å². The second-order valence-electron chi connectivity index (χ2n) is 15.2. The Kier molecular flexibility index (Phi) is 9.14. The highest BCUT2D eigenvalue weighted by Gasteiger charge is 2.22. The summed E-state index contributed by atoms with van der Waals surface area (Å²) in [6.45, 7) is 0. The Morgan fingerprint density at radius 2 is 0.689 bits per heavy atom. The van der Waals surface area contributed by atoms with E-state index in [1.165, 1.54) is 16.3 Å². The Bertz CT molecular complexity index is 3310. The highest BCUT2D eigenvalue weighted by atomic mass is 15.0. The monoisotopic (exact) mass is 778 g/mol. The van der Waals surface area contributed by atoms with Crippen molar-refractivity contribution >= 4 is 21.8 Å². The lowest BCUT2D eigenvalue weighted by molar-refractivity contribution is 1.07. The number of rotatable bonds is 8. The summed E-state index contributed by atoms with van der Waals surface area (Å²) in [6.07, 6.45) is 0. The van der Waals surface area contributed by atoms with Gasteiger partial charge in [-0.1, -0.05) is 188 Å². The minimum Gasteiger partial charge on any atom is -0.309 e. The van der Waals surface area contributed by atoms with E-state index in [-0.39, 0.29) is 0 Å². The van der Waals surface area contributed by atoms with Crippen molar-refractivity contribution < 1.29 is 0 Å². The number of nitrogens with zero attached hydrogens (tertiary/aromatic N) is 4. The van der Waals surface area contributed by atoms with E-state index in [0.717, 1.165) is 72.4 Å². The van der Waals surface area contributed by atoms with Crippen LogP contribution in [-0.4, -0.2) is 19.5 Å². The molecular weight excluding hydrogens is 741 g/mol. The molecule has 0 amide bonds. The van der Waals surface area contributed by atoms with E-state index in [4.69, 9.17) is 15.0 Å². The molecule has 0 spiro atoms. The van der Waals surface area contributed by atoms with Gasteiger partial charge in [-0.3, -0.25) is 0 Å². The third-order valence-electron chi connectivity index (χ3n) is 11.5. The molecule has 0 N–H and O–H groups in total. The van der Waals surface area contributed by atoms with E-state index in [0.29, 0.717) is 17.5 Å². The number of hydrogen-bond donors (Lipinski definition) is 0. The van der Waals surface area contributed by atoms with E-state index in [2.05, 4.69) is 211 Å². The molecule has 0 atom stereocenters. The van der Waals surface area contributed by atoms with E-state index in [1.54, 1.807) is 0 Å². The van der Waals surface area contributed by atoms with Crippen molar-refractivity contribution in [1.82, 2.24) is 19.5 Å². The molecule has 2 heterocycles. The molecule has 0 unspecified atom stereocenters. The van der Waals surface area contributed by atoms with Crippen LogP contribution in [0.2, 0.25) is 0 Å². The highest BCUT2D eigenvalue weighted by molar-refractivity contribution is 6.11. The van der Waals surface area contributed by atoms with Gasteiger partial charge in [-0.2, -0.15) is 0 Å². The lowest BCUT2D eigenvalue weighted by Gasteiger charge is -2.19. The minimum atomic E-state index is 0.607. The molecule has 286 valence electrons. The third-order valence-corrected chi connectivity index (χ3v) is 11.5. The van der Waals surface area contributed by atoms with Crippen LogP contribution in [0.1, 0.15) is 0 Å². The molecule has 0 radical (unpaired) electrons. The summed E-state index contributed by atoms with van der Waals surface area (Å²) >= 11 is 0. The molecule has 11 rings (SSSR count). The fourth-order valence-electron chi connectivity index (χ4n) is 8.54. The molecule has 61 heavy (non-hydrogen) atoms. The number of fused-ring (bicyclic) bond motifs is 3. The number of para-hydroxylation sites is 2. The second-order valence-corrected chi connectivity index (χ2v) is 15.2. The molecule has 0 aliphatic heterocycles. The van der Waals surface area contributed by atoms with Crippen molar-refractivity contribution in [3.8, 4) is 84.4 Å². The van der Waals surface area contributed by atoms with Gasteiger partial charge in [0.25, 0.3) is 0 Å². The van der Waals surface area contributed by atoms with E-state index < -0.39 is 0 Å². The van der Waals surface area contributed by atoms with Gasteiger partial charge < -0.3 is 4.57 Å². The zero-order chi connectivity index (χ0) is 40.5. The molecule has 0 saturated carbocycles. The predicted octanol–water partition coefficient (Wildman–Crippen LogP) is 14.6. The average Bonchev–Trinajstić information content (AvgIpc) is 3.68. The SMILES string of the molecule is c1ccc(-c2ccc(-c3nc(-c4ccccc4)nc(-c4cc(-c5ccccc5)cc(-c5ccc6c(c5)c5ccccc5n6-c5ccccc5)c4-c4ccccc4)n3)cc2)cc1. The Morgan fingerprint density at radius 3 is 1.33 bits per heavy atom. The van der Waals surface area contributed by atoms with Crippen LogP contribution in [0.15, 0.2) is 231 Å². The van der Waals surface area contributed by atoms with E-state index >= 15 is 0 Å². The van der Waals surface area contributed by atoms with Crippen molar-refractivity contribution in [3.63, 3.8) is 0 Å². The van der Waals surface area contributed by atoms with Crippen molar-refractivity contribution in [1.29, 1.82) is 0 Å². The Hall–Kier alpha value is -8.21. The van der Waals surface area contributed by atoms with E-state index in [9.17, 15) is 0 Å². The maximum Gasteiger partial charge on any atom is 0.164 e. The average molecular weight is 779 g/mol. The smallest absolute Gasteiger partial charge is 0.164 e. The third kappa shape index (κ3) is 6.76. The minimum absolute atomic E-state index is 0.607. The molecule has 2 aromatic heterocycles. The molecule has 11 aromatic rings. The molecule has 0 fully saturated rings. The Balaban J connectivity index is 1.18. The summed E-state index contributed by atoms with van der Waals surface area (Å²) < 4.78 is 2.36. The lowest BCUT2D eigenvalue weighted by Crippen LogP contribution is -2.02. The number of benzene rings is 9. The maximum absolute atomic E-state index is 5.36. The van der Waals surface area contributed by atoms with Gasteiger partial charge in [0, 0.05) is 38.7 Å². The van der Waals surface area contributed by atoms with Crippen LogP contribution in [0.4, 0.5) is 0 Å². The van der Waals surface area contributed by atoms with Gasteiger partial charge in [-0.15, -0.1) is 0 Å². The molecule has 0 saturated heterocycles. The highest BCUT2D eigenvalue weighted by Crippen LogP contribution is 2.45. The predicted molar refractivity (Wildman–Crippen MR) is 252 cm³/mol. The van der Waals surface area contributed by atoms with Gasteiger partial charge in [0.15, 0.2) is 17.5 Å². The standard InChI is InChI=1S/C57H38N4/c1-6-18-39(19-7-1)41-30-32-44(33-31-41)56-58-55(43-24-12-4-13-25-43)59-57(60-56)51-38-46(40-20-8-2-9-21-40)37-49(54(51)42-22-10-3-11-23-42)45-34-35-53-50(36-45)48-28-16-17-29-52(48)61(53)47-26-14-5-15-27-47/h1-38H. The van der Waals surface area contributed by atoms with Gasteiger partial charge in [-0.25, -0.2) is 15.0 Å². The van der Waals surface area contributed by atoms with E-state index in [1.807, 2.05) is 24.3 Å². The van der Waals surface area contributed by atoms with Crippen LogP contribution < -0.4 is 0 Å². The van der Waals surface area contributed by atoms with Crippen LogP contribution in [0.25, 0.3) is 106 Å². The van der Waals surface area contributed by atoms with Crippen molar-refractivity contribution in [2.24, 2.45) is 0 Å². The normalized spacial score (nSPS) is 11.3. The van der Waals surface area contributed by atoms with Crippen molar-refractivity contribution in [3.05, 3.63) is 231 Å². The van der Waals surface area contributed by atoms with Gasteiger partial charge in [0.2, 0.25) is 0 Å². The summed E-state index contributed by atoms with van der Waals surface area (Å²) in [5.41, 5.74) is 15.1. The summed E-state index contributed by atoms with van der Waals surface area (Å²) in [4.78, 5) is 15.8. The lowest BCUT2D eigenvalue weighted by atomic mass is 9.86. The summed E-state index contributed by atoms with van der Waals surface area (Å²) in [6, 6.07) is 81.2. The Labute approximate surface area is 354 Å². The summed E-state index contributed by atoms with van der Waals surface area (Å²) in [5.74, 6) is 1.84. The zero-order valence-electron chi connectivity index (χ0n) is 33.2. The van der Waals surface area contributed by atoms with Gasteiger partial charge in [-0.05, 0) is 81.4 Å². The fraction of sp³-hybridized carbons (Fsp3) is 0. The molecule has 0 aliphatic carbocycles. The summed E-state index contributed by atoms with van der Waals surface area (Å²) in [7, 11) is 0. The first-order valence-electron chi connectivity index (χ1n) is 20.6. The largest absolute Gasteiger partial charge is 0.309 e. The molecule has 4 nitrogen and oxygen atoms in total. The first-order chi connectivity index (χ1) is 30.2.